The van der Waals surface area contributed by atoms with Gasteiger partial charge in [-0.05, 0) is 12.0 Å². The molecule has 0 saturated carbocycles. The molecular formula is C10H14N4. The van der Waals surface area contributed by atoms with Gasteiger partial charge in [0.2, 0.25) is 0 Å². The summed E-state index contributed by atoms with van der Waals surface area (Å²) in [5, 5.41) is 5.84. The fourth-order valence-electron chi connectivity index (χ4n) is 1.36. The van der Waals surface area contributed by atoms with E-state index >= 15 is 0 Å². The average Bonchev–Trinajstić information content (AvgIpc) is 2.65. The molecule has 1 aromatic carbocycles. The van der Waals surface area contributed by atoms with E-state index in [1.165, 1.54) is 5.56 Å². The summed E-state index contributed by atoms with van der Waals surface area (Å²) in [4.78, 5) is 0. The Kier molecular flexibility index (Phi) is 2.37. The van der Waals surface area contributed by atoms with Gasteiger partial charge in [-0.3, -0.25) is 5.43 Å². The summed E-state index contributed by atoms with van der Waals surface area (Å²) in [6.45, 7) is 2.15. The number of nitrogens with zero attached hydrogens (tertiary/aromatic N) is 2. The molecule has 1 aliphatic heterocycles. The van der Waals surface area contributed by atoms with Gasteiger partial charge < -0.3 is 0 Å². The zero-order valence-electron chi connectivity index (χ0n) is 8.41. The summed E-state index contributed by atoms with van der Waals surface area (Å²) in [6, 6.07) is 8.40. The van der Waals surface area contributed by atoms with Crippen molar-refractivity contribution in [3.8, 4) is 0 Å². The fourth-order valence-corrected chi connectivity index (χ4v) is 1.36. The van der Waals surface area contributed by atoms with Gasteiger partial charge in [-0.1, -0.05) is 31.2 Å². The van der Waals surface area contributed by atoms with Crippen molar-refractivity contribution in [2.24, 2.45) is 5.10 Å². The number of benzene rings is 1. The Balaban J connectivity index is 2.17. The van der Waals surface area contributed by atoms with Crippen LogP contribution in [0.25, 0.3) is 0 Å². The van der Waals surface area contributed by atoms with Crippen LogP contribution in [-0.4, -0.2) is 18.0 Å². The Bertz CT molecular complexity index is 342. The lowest BCUT2D eigenvalue weighted by Crippen LogP contribution is -2.37. The molecule has 0 aromatic heterocycles. The number of hydrazone groups is 1. The maximum Gasteiger partial charge on any atom is 0.170 e. The predicted octanol–water partition coefficient (Wildman–Crippen LogP) is 0.865. The van der Waals surface area contributed by atoms with E-state index < -0.39 is 0 Å². The normalized spacial score (nSPS) is 16.0. The van der Waals surface area contributed by atoms with E-state index in [4.69, 9.17) is 0 Å². The first-order valence-electron chi connectivity index (χ1n) is 4.72. The van der Waals surface area contributed by atoms with E-state index in [0.29, 0.717) is 0 Å². The van der Waals surface area contributed by atoms with Crippen molar-refractivity contribution < 1.29 is 0 Å². The van der Waals surface area contributed by atoms with Gasteiger partial charge in [0.05, 0.1) is 0 Å². The highest BCUT2D eigenvalue weighted by Gasteiger charge is 2.11. The van der Waals surface area contributed by atoms with Crippen molar-refractivity contribution in [3.05, 3.63) is 35.4 Å². The summed E-state index contributed by atoms with van der Waals surface area (Å²) in [6.07, 6.45) is 1.07. The molecule has 4 nitrogen and oxygen atoms in total. The Hall–Kier alpha value is -1.55. The zero-order chi connectivity index (χ0) is 9.97. The quantitative estimate of drug-likeness (QED) is 0.726. The van der Waals surface area contributed by atoms with E-state index in [-0.39, 0.29) is 0 Å². The van der Waals surface area contributed by atoms with Gasteiger partial charge >= 0.3 is 0 Å². The average molecular weight is 190 g/mol. The first kappa shape index (κ1) is 9.02. The summed E-state index contributed by atoms with van der Waals surface area (Å²) >= 11 is 0. The standard InChI is InChI=1S/C10H14N4/c1-3-8-4-6-9(7-5-8)10-11-13-14(2)12-10/h4-7,13H,3H2,1-2H3,(H,11,12). The van der Waals surface area contributed by atoms with E-state index in [1.807, 2.05) is 7.05 Å². The van der Waals surface area contributed by atoms with Crippen LogP contribution in [0.15, 0.2) is 29.4 Å². The third-order valence-electron chi connectivity index (χ3n) is 2.22. The molecule has 1 heterocycles. The fraction of sp³-hybridized carbons (Fsp3) is 0.300. The van der Waals surface area contributed by atoms with Gasteiger partial charge in [-0.25, -0.2) is 5.53 Å². The third kappa shape index (κ3) is 1.70. The molecule has 0 bridgehead atoms. The molecular weight excluding hydrogens is 176 g/mol. The number of hydrazine groups is 2. The lowest BCUT2D eigenvalue weighted by atomic mass is 10.1. The topological polar surface area (TPSA) is 39.7 Å². The second-order valence-corrected chi connectivity index (χ2v) is 3.28. The number of aryl methyl sites for hydroxylation is 1. The van der Waals surface area contributed by atoms with Crippen LogP contribution in [0.4, 0.5) is 0 Å². The van der Waals surface area contributed by atoms with Gasteiger partial charge in [0.15, 0.2) is 5.84 Å². The number of rotatable bonds is 2. The molecule has 2 N–H and O–H groups in total. The van der Waals surface area contributed by atoms with Gasteiger partial charge in [0, 0.05) is 12.6 Å². The highest BCUT2D eigenvalue weighted by molar-refractivity contribution is 5.98. The monoisotopic (exact) mass is 190 g/mol. The van der Waals surface area contributed by atoms with Crippen LogP contribution in [0.3, 0.4) is 0 Å². The molecule has 0 amide bonds. The highest BCUT2D eigenvalue weighted by Crippen LogP contribution is 2.06. The minimum atomic E-state index is 0.857. The van der Waals surface area contributed by atoms with Crippen molar-refractivity contribution in [2.45, 2.75) is 13.3 Å². The number of hydrogen-bond donors (Lipinski definition) is 2. The van der Waals surface area contributed by atoms with Crippen LogP contribution in [0.1, 0.15) is 18.1 Å². The zero-order valence-corrected chi connectivity index (χ0v) is 8.41. The van der Waals surface area contributed by atoms with Crippen molar-refractivity contribution in [1.82, 2.24) is 16.1 Å². The van der Waals surface area contributed by atoms with Crippen LogP contribution >= 0.6 is 0 Å². The second kappa shape index (κ2) is 3.67. The summed E-state index contributed by atoms with van der Waals surface area (Å²) in [7, 11) is 1.87. The molecule has 2 rings (SSSR count). The SMILES string of the molecule is CCc1ccc(C2=NNN(C)N2)cc1. The van der Waals surface area contributed by atoms with Crippen molar-refractivity contribution >= 4 is 5.84 Å². The van der Waals surface area contributed by atoms with E-state index in [0.717, 1.165) is 17.8 Å². The second-order valence-electron chi connectivity index (χ2n) is 3.28. The van der Waals surface area contributed by atoms with Crippen LogP contribution in [-0.2, 0) is 6.42 Å². The number of hydrogen-bond acceptors (Lipinski definition) is 4. The van der Waals surface area contributed by atoms with Crippen LogP contribution in [0.2, 0.25) is 0 Å². The van der Waals surface area contributed by atoms with Crippen molar-refractivity contribution in [2.75, 3.05) is 7.05 Å². The molecule has 0 unspecified atom stereocenters. The van der Waals surface area contributed by atoms with Crippen molar-refractivity contribution in [1.29, 1.82) is 0 Å². The lowest BCUT2D eigenvalue weighted by Gasteiger charge is -2.08. The van der Waals surface area contributed by atoms with E-state index in [1.54, 1.807) is 5.12 Å². The first-order valence-corrected chi connectivity index (χ1v) is 4.72. The maximum atomic E-state index is 4.12. The lowest BCUT2D eigenvalue weighted by molar-refractivity contribution is 0.232. The molecule has 1 aliphatic rings. The van der Waals surface area contributed by atoms with Gasteiger partial charge in [-0.2, -0.15) is 0 Å². The molecule has 0 radical (unpaired) electrons. The Morgan fingerprint density at radius 1 is 1.29 bits per heavy atom. The summed E-state index contributed by atoms with van der Waals surface area (Å²) in [5.41, 5.74) is 8.32. The molecule has 0 saturated heterocycles. The minimum Gasteiger partial charge on any atom is -0.282 e. The maximum absolute atomic E-state index is 4.12. The molecule has 0 aliphatic carbocycles. The third-order valence-corrected chi connectivity index (χ3v) is 2.22. The van der Waals surface area contributed by atoms with Gasteiger partial charge in [0.1, 0.15) is 0 Å². The largest absolute Gasteiger partial charge is 0.282 e. The molecule has 4 heteroatoms. The van der Waals surface area contributed by atoms with Crippen LogP contribution in [0.5, 0.6) is 0 Å². The van der Waals surface area contributed by atoms with Gasteiger partial charge in [0.25, 0.3) is 0 Å². The molecule has 0 fully saturated rings. The molecule has 1 aromatic rings. The molecule has 74 valence electrons. The summed E-state index contributed by atoms with van der Waals surface area (Å²) < 4.78 is 0. The van der Waals surface area contributed by atoms with E-state index in [2.05, 4.69) is 47.3 Å². The van der Waals surface area contributed by atoms with Crippen LogP contribution < -0.4 is 11.0 Å². The molecule has 14 heavy (non-hydrogen) atoms. The smallest absolute Gasteiger partial charge is 0.170 e. The molecule has 0 spiro atoms. The van der Waals surface area contributed by atoms with E-state index in [9.17, 15) is 0 Å². The highest BCUT2D eigenvalue weighted by atomic mass is 15.9. The first-order chi connectivity index (χ1) is 6.79. The van der Waals surface area contributed by atoms with Crippen molar-refractivity contribution in [3.63, 3.8) is 0 Å². The Morgan fingerprint density at radius 3 is 2.50 bits per heavy atom. The minimum absolute atomic E-state index is 0.857. The predicted molar refractivity (Wildman–Crippen MR) is 56.4 cm³/mol. The van der Waals surface area contributed by atoms with Gasteiger partial charge in [-0.15, -0.1) is 10.2 Å². The Labute approximate surface area is 83.6 Å². The summed E-state index contributed by atoms with van der Waals surface area (Å²) in [5.74, 6) is 0.857. The Morgan fingerprint density at radius 2 is 2.00 bits per heavy atom. The molecule has 0 atom stereocenters. The number of amidine groups is 1. The number of nitrogens with one attached hydrogen (secondary N) is 2. The van der Waals surface area contributed by atoms with Crippen LogP contribution in [0, 0.1) is 0 Å².